The molecule has 1 aliphatic rings. The topological polar surface area (TPSA) is 85.9 Å². The Bertz CT molecular complexity index is 1290. The minimum atomic E-state index is -0.631. The van der Waals surface area contributed by atoms with E-state index in [1.54, 1.807) is 12.1 Å². The second-order valence-corrected chi connectivity index (χ2v) is 9.47. The first-order valence-electron chi connectivity index (χ1n) is 11.4. The smallest absolute Gasteiger partial charge is 0.294 e. The van der Waals surface area contributed by atoms with Gasteiger partial charge in [0.25, 0.3) is 17.6 Å². The molecule has 1 aliphatic heterocycles. The molecule has 0 bridgehead atoms. The zero-order valence-corrected chi connectivity index (χ0v) is 21.1. The highest BCUT2D eigenvalue weighted by molar-refractivity contribution is 6.44. The van der Waals surface area contributed by atoms with E-state index in [-0.39, 0.29) is 17.5 Å². The number of ketones is 1. The zero-order valence-electron chi connectivity index (χ0n) is 20.3. The maximum atomic E-state index is 13.6. The average molecular weight is 497 g/mol. The minimum Gasteiger partial charge on any atom is -0.496 e. The van der Waals surface area contributed by atoms with Gasteiger partial charge in [-0.1, -0.05) is 23.7 Å². The number of fused-ring (bicyclic) bond motifs is 1. The molecule has 4 rings (SSSR count). The molecule has 1 N–H and O–H groups in total. The fraction of sp³-hybridized carbons (Fsp3) is 0.346. The number of amides is 2. The summed E-state index contributed by atoms with van der Waals surface area (Å²) in [6.07, 6.45) is 1.50. The number of likely N-dealkylation sites (N-methyl/N-ethyl adjacent to an activating group) is 1. The molecular formula is C26H29ClN4O4. The average Bonchev–Trinajstić information content (AvgIpc) is 3.25. The standard InChI is InChI=1S/C26H29ClN4O4/c1-16-14-31(9-8-30(16)15-17-6-5-7-18(27)10-17)25(33)20-11-19-21(24(32)26(34)29(2)3)13-28-22(19)12-23(20)35-4/h5-7,10-13,16,28H,8-9,14-15H2,1-4H3. The number of ether oxygens (including phenoxy) is 1. The van der Waals surface area contributed by atoms with Gasteiger partial charge in [0.2, 0.25) is 0 Å². The van der Waals surface area contributed by atoms with Crippen molar-refractivity contribution in [3.05, 3.63) is 64.3 Å². The molecule has 0 aliphatic carbocycles. The van der Waals surface area contributed by atoms with Gasteiger partial charge in [0.15, 0.2) is 0 Å². The number of aromatic nitrogens is 1. The number of nitrogens with one attached hydrogen (secondary N) is 1. The molecule has 8 nitrogen and oxygen atoms in total. The molecule has 1 saturated heterocycles. The monoisotopic (exact) mass is 496 g/mol. The van der Waals surface area contributed by atoms with Crippen LogP contribution in [0.3, 0.4) is 0 Å². The van der Waals surface area contributed by atoms with Crippen molar-refractivity contribution in [2.45, 2.75) is 19.5 Å². The maximum Gasteiger partial charge on any atom is 0.294 e. The fourth-order valence-corrected chi connectivity index (χ4v) is 4.66. The van der Waals surface area contributed by atoms with E-state index in [0.29, 0.717) is 40.3 Å². The van der Waals surface area contributed by atoms with Crippen molar-refractivity contribution in [1.29, 1.82) is 0 Å². The summed E-state index contributed by atoms with van der Waals surface area (Å²) in [6, 6.07) is 11.3. The van der Waals surface area contributed by atoms with Crippen molar-refractivity contribution in [2.75, 3.05) is 40.8 Å². The van der Waals surface area contributed by atoms with E-state index in [0.717, 1.165) is 18.7 Å². The molecule has 3 aromatic rings. The summed E-state index contributed by atoms with van der Waals surface area (Å²) < 4.78 is 5.51. The minimum absolute atomic E-state index is 0.142. The second kappa shape index (κ2) is 10.1. The van der Waals surface area contributed by atoms with Crippen LogP contribution in [0.2, 0.25) is 5.02 Å². The lowest BCUT2D eigenvalue weighted by molar-refractivity contribution is -0.124. The Balaban J connectivity index is 1.56. The van der Waals surface area contributed by atoms with Crippen LogP contribution in [0.25, 0.3) is 10.9 Å². The van der Waals surface area contributed by atoms with E-state index in [1.165, 1.54) is 32.3 Å². The predicted octanol–water partition coefficient (Wildman–Crippen LogP) is 3.45. The maximum absolute atomic E-state index is 13.6. The van der Waals surface area contributed by atoms with Crippen LogP contribution >= 0.6 is 11.6 Å². The molecule has 1 unspecified atom stereocenters. The second-order valence-electron chi connectivity index (χ2n) is 9.03. The van der Waals surface area contributed by atoms with Crippen LogP contribution in [0.1, 0.15) is 33.2 Å². The van der Waals surface area contributed by atoms with Crippen molar-refractivity contribution in [3.8, 4) is 5.75 Å². The first-order chi connectivity index (χ1) is 16.7. The molecule has 1 fully saturated rings. The van der Waals surface area contributed by atoms with E-state index < -0.39 is 11.7 Å². The lowest BCUT2D eigenvalue weighted by atomic mass is 10.0. The number of benzene rings is 2. The molecule has 0 spiro atoms. The Hall–Kier alpha value is -3.36. The molecule has 184 valence electrons. The van der Waals surface area contributed by atoms with Gasteiger partial charge in [-0.2, -0.15) is 0 Å². The SMILES string of the molecule is COc1cc2[nH]cc(C(=O)C(=O)N(C)C)c2cc1C(=O)N1CCN(Cc2cccc(Cl)c2)C(C)C1. The van der Waals surface area contributed by atoms with E-state index in [1.807, 2.05) is 29.2 Å². The summed E-state index contributed by atoms with van der Waals surface area (Å²) in [7, 11) is 4.56. The summed E-state index contributed by atoms with van der Waals surface area (Å²) in [5.74, 6) is -1.01. The summed E-state index contributed by atoms with van der Waals surface area (Å²) in [6.45, 7) is 4.69. The summed E-state index contributed by atoms with van der Waals surface area (Å²) in [5.41, 5.74) is 2.35. The van der Waals surface area contributed by atoms with E-state index in [4.69, 9.17) is 16.3 Å². The highest BCUT2D eigenvalue weighted by Crippen LogP contribution is 2.30. The van der Waals surface area contributed by atoms with Crippen molar-refractivity contribution in [1.82, 2.24) is 19.7 Å². The Labute approximate surface area is 209 Å². The largest absolute Gasteiger partial charge is 0.496 e. The number of methoxy groups -OCH3 is 1. The number of carbonyl (C=O) groups excluding carboxylic acids is 3. The summed E-state index contributed by atoms with van der Waals surface area (Å²) in [4.78, 5) is 46.9. The lowest BCUT2D eigenvalue weighted by Gasteiger charge is -2.40. The summed E-state index contributed by atoms with van der Waals surface area (Å²) >= 11 is 6.13. The third-order valence-corrected chi connectivity index (χ3v) is 6.64. The Kier molecular flexibility index (Phi) is 7.14. The van der Waals surface area contributed by atoms with Gasteiger partial charge in [0.05, 0.1) is 18.2 Å². The lowest BCUT2D eigenvalue weighted by Crippen LogP contribution is -2.53. The number of hydrogen-bond acceptors (Lipinski definition) is 5. The van der Waals surface area contributed by atoms with Crippen molar-refractivity contribution < 1.29 is 19.1 Å². The quantitative estimate of drug-likeness (QED) is 0.417. The Morgan fingerprint density at radius 1 is 1.14 bits per heavy atom. The predicted molar refractivity (Wildman–Crippen MR) is 135 cm³/mol. The van der Waals surface area contributed by atoms with Crippen LogP contribution in [0.4, 0.5) is 0 Å². The molecular weight excluding hydrogens is 468 g/mol. The summed E-state index contributed by atoms with van der Waals surface area (Å²) in [5, 5.41) is 1.23. The van der Waals surface area contributed by atoms with Crippen LogP contribution in [-0.2, 0) is 11.3 Å². The van der Waals surface area contributed by atoms with Gasteiger partial charge in [-0.05, 0) is 30.7 Å². The molecule has 0 radical (unpaired) electrons. The molecule has 2 aromatic carbocycles. The Morgan fingerprint density at radius 2 is 1.91 bits per heavy atom. The normalized spacial score (nSPS) is 16.4. The number of aromatic amines is 1. The molecule has 2 heterocycles. The fourth-order valence-electron chi connectivity index (χ4n) is 4.45. The van der Waals surface area contributed by atoms with Crippen LogP contribution in [0.15, 0.2) is 42.6 Å². The number of Topliss-reactive ketones (excluding diaryl/α,β-unsaturated/α-hetero) is 1. The van der Waals surface area contributed by atoms with Gasteiger partial charge in [-0.15, -0.1) is 0 Å². The van der Waals surface area contributed by atoms with Gasteiger partial charge in [-0.25, -0.2) is 0 Å². The van der Waals surface area contributed by atoms with Crippen molar-refractivity contribution in [2.24, 2.45) is 0 Å². The number of piperazine rings is 1. The van der Waals surface area contributed by atoms with Crippen LogP contribution in [0, 0.1) is 0 Å². The molecule has 1 atom stereocenters. The number of nitrogens with zero attached hydrogens (tertiary/aromatic N) is 3. The molecule has 9 heteroatoms. The first-order valence-corrected chi connectivity index (χ1v) is 11.8. The van der Waals surface area contributed by atoms with Gasteiger partial charge in [-0.3, -0.25) is 19.3 Å². The van der Waals surface area contributed by atoms with Gasteiger partial charge in [0.1, 0.15) is 5.75 Å². The zero-order chi connectivity index (χ0) is 25.3. The molecule has 0 saturated carbocycles. The van der Waals surface area contributed by atoms with Crippen LogP contribution in [-0.4, -0.2) is 84.2 Å². The van der Waals surface area contributed by atoms with Crippen LogP contribution in [0.5, 0.6) is 5.75 Å². The number of halogens is 1. The van der Waals surface area contributed by atoms with Gasteiger partial charge >= 0.3 is 0 Å². The number of rotatable bonds is 6. The van der Waals surface area contributed by atoms with E-state index in [2.05, 4.69) is 16.8 Å². The number of hydrogen-bond donors (Lipinski definition) is 1. The van der Waals surface area contributed by atoms with Gasteiger partial charge < -0.3 is 19.5 Å². The third-order valence-electron chi connectivity index (χ3n) is 6.40. The number of H-pyrrole nitrogens is 1. The first kappa shape index (κ1) is 24.8. The Morgan fingerprint density at radius 3 is 2.57 bits per heavy atom. The highest BCUT2D eigenvalue weighted by atomic mass is 35.5. The van der Waals surface area contributed by atoms with Gasteiger partial charge in [0, 0.05) is 74.5 Å². The third kappa shape index (κ3) is 5.04. The highest BCUT2D eigenvalue weighted by Gasteiger charge is 2.30. The molecule has 1 aromatic heterocycles. The van der Waals surface area contributed by atoms with E-state index in [9.17, 15) is 14.4 Å². The molecule has 2 amide bonds. The molecule has 35 heavy (non-hydrogen) atoms. The van der Waals surface area contributed by atoms with E-state index >= 15 is 0 Å². The van der Waals surface area contributed by atoms with Crippen molar-refractivity contribution >= 4 is 40.1 Å². The number of carbonyl (C=O) groups is 3. The van der Waals surface area contributed by atoms with Crippen molar-refractivity contribution in [3.63, 3.8) is 0 Å². The van der Waals surface area contributed by atoms with Crippen LogP contribution < -0.4 is 4.74 Å².